The van der Waals surface area contributed by atoms with Gasteiger partial charge in [0.05, 0.1) is 5.92 Å². The lowest BCUT2D eigenvalue weighted by atomic mass is 10.1. The summed E-state index contributed by atoms with van der Waals surface area (Å²) in [6.45, 7) is 1.70. The number of aromatic nitrogens is 2. The molecule has 2 aromatic carbocycles. The summed E-state index contributed by atoms with van der Waals surface area (Å²) in [6.07, 6.45) is 8.12. The predicted octanol–water partition coefficient (Wildman–Crippen LogP) is 4.53. The van der Waals surface area contributed by atoms with Gasteiger partial charge in [0.25, 0.3) is 0 Å². The van der Waals surface area contributed by atoms with Gasteiger partial charge in [-0.15, -0.1) is 0 Å². The highest BCUT2D eigenvalue weighted by Crippen LogP contribution is 2.23. The molecule has 1 fully saturated rings. The minimum absolute atomic E-state index is 0.0853. The lowest BCUT2D eigenvalue weighted by Gasteiger charge is -2.11. The van der Waals surface area contributed by atoms with Gasteiger partial charge in [-0.3, -0.25) is 14.8 Å². The van der Waals surface area contributed by atoms with Crippen LogP contribution < -0.4 is 10.6 Å². The number of fused-ring (bicyclic) bond motifs is 1. The summed E-state index contributed by atoms with van der Waals surface area (Å²) in [7, 11) is 0. The van der Waals surface area contributed by atoms with Gasteiger partial charge in [-0.2, -0.15) is 0 Å². The minimum atomic E-state index is 0.0853. The van der Waals surface area contributed by atoms with Crippen LogP contribution in [0.25, 0.3) is 21.9 Å². The number of anilines is 1. The average molecular weight is 396 g/mol. The molecule has 5 nitrogen and oxygen atoms in total. The van der Waals surface area contributed by atoms with E-state index in [1.165, 1.54) is 5.56 Å². The van der Waals surface area contributed by atoms with Crippen LogP contribution in [0.15, 0.2) is 91.5 Å². The first-order valence-electron chi connectivity index (χ1n) is 10.1. The quantitative estimate of drug-likeness (QED) is 0.534. The van der Waals surface area contributed by atoms with Gasteiger partial charge in [0.2, 0.25) is 5.91 Å². The second-order valence-corrected chi connectivity index (χ2v) is 7.19. The molecule has 5 heteroatoms. The van der Waals surface area contributed by atoms with Crippen LogP contribution >= 0.6 is 0 Å². The van der Waals surface area contributed by atoms with E-state index in [-0.39, 0.29) is 11.8 Å². The fourth-order valence-electron chi connectivity index (χ4n) is 3.51. The lowest BCUT2D eigenvalue weighted by Crippen LogP contribution is -2.24. The normalized spacial score (nSPS) is 15.3. The molecular formula is C25H24N4O. The maximum Gasteiger partial charge on any atom is 0.228 e. The van der Waals surface area contributed by atoms with Gasteiger partial charge in [-0.05, 0) is 42.3 Å². The van der Waals surface area contributed by atoms with Gasteiger partial charge in [0.15, 0.2) is 0 Å². The predicted molar refractivity (Wildman–Crippen MR) is 121 cm³/mol. The van der Waals surface area contributed by atoms with E-state index in [0.717, 1.165) is 41.5 Å². The molecule has 1 aliphatic heterocycles. The van der Waals surface area contributed by atoms with Crippen LogP contribution in [0.3, 0.4) is 0 Å². The Bertz CT molecular complexity index is 1050. The second-order valence-electron chi connectivity index (χ2n) is 7.19. The third kappa shape index (κ3) is 4.88. The number of amides is 1. The summed E-state index contributed by atoms with van der Waals surface area (Å²) in [4.78, 5) is 20.2. The summed E-state index contributed by atoms with van der Waals surface area (Å²) in [5.74, 6) is 0.186. The van der Waals surface area contributed by atoms with E-state index in [9.17, 15) is 4.79 Å². The SMILES string of the molecule is O=C(Nc1cccc2cnccc12)C1CCNC1.c1ccc(-c2cccnc2)cc1. The van der Waals surface area contributed by atoms with Crippen molar-refractivity contribution in [1.82, 2.24) is 15.3 Å². The van der Waals surface area contributed by atoms with E-state index in [0.29, 0.717) is 0 Å². The molecule has 0 bridgehead atoms. The molecule has 2 N–H and O–H groups in total. The average Bonchev–Trinajstić information content (AvgIpc) is 3.36. The minimum Gasteiger partial charge on any atom is -0.325 e. The van der Waals surface area contributed by atoms with E-state index < -0.39 is 0 Å². The number of nitrogens with one attached hydrogen (secondary N) is 2. The molecule has 0 aliphatic carbocycles. The highest BCUT2D eigenvalue weighted by Gasteiger charge is 2.22. The van der Waals surface area contributed by atoms with Crippen LogP contribution in [-0.4, -0.2) is 29.0 Å². The molecule has 1 unspecified atom stereocenters. The Morgan fingerprint density at radius 1 is 0.867 bits per heavy atom. The topological polar surface area (TPSA) is 66.9 Å². The standard InChI is InChI=1S/C14H15N3O.C11H9N/c18-14(11-4-6-15-9-11)17-13-3-1-2-10-8-16-7-5-12(10)13;1-2-5-10(6-3-1)11-7-4-8-12-9-11/h1-3,5,7-8,11,15H,4,6,9H2,(H,17,18);1-9H. The molecule has 0 saturated carbocycles. The first-order chi connectivity index (χ1) is 14.8. The first kappa shape index (κ1) is 19.7. The first-order valence-corrected chi connectivity index (χ1v) is 10.1. The second kappa shape index (κ2) is 9.76. The van der Waals surface area contributed by atoms with E-state index >= 15 is 0 Å². The van der Waals surface area contributed by atoms with Gasteiger partial charge in [-0.1, -0.05) is 48.5 Å². The van der Waals surface area contributed by atoms with Gasteiger partial charge < -0.3 is 10.6 Å². The molecule has 5 rings (SSSR count). The van der Waals surface area contributed by atoms with Crippen molar-refractivity contribution >= 4 is 22.4 Å². The highest BCUT2D eigenvalue weighted by molar-refractivity contribution is 6.02. The van der Waals surface area contributed by atoms with E-state index in [1.54, 1.807) is 12.4 Å². The maximum absolute atomic E-state index is 12.1. The molecule has 1 saturated heterocycles. The molecule has 1 amide bonds. The molecule has 0 spiro atoms. The summed E-state index contributed by atoms with van der Waals surface area (Å²) in [5.41, 5.74) is 3.25. The van der Waals surface area contributed by atoms with Crippen LogP contribution in [-0.2, 0) is 4.79 Å². The number of hydrogen-bond donors (Lipinski definition) is 2. The summed E-state index contributed by atoms with van der Waals surface area (Å²) in [6, 6.07) is 22.0. The Labute approximate surface area is 176 Å². The number of carbonyl (C=O) groups excluding carboxylic acids is 1. The van der Waals surface area contributed by atoms with Crippen LogP contribution in [0.5, 0.6) is 0 Å². The largest absolute Gasteiger partial charge is 0.325 e. The van der Waals surface area contributed by atoms with Gasteiger partial charge in [0, 0.05) is 47.8 Å². The van der Waals surface area contributed by atoms with Crippen molar-refractivity contribution in [3.05, 3.63) is 91.5 Å². The molecular weight excluding hydrogens is 372 g/mol. The van der Waals surface area contributed by atoms with Crippen LogP contribution in [0.2, 0.25) is 0 Å². The molecule has 1 aliphatic rings. The fourth-order valence-corrected chi connectivity index (χ4v) is 3.51. The van der Waals surface area contributed by atoms with Crippen LogP contribution in [0, 0.1) is 5.92 Å². The molecule has 2 aromatic heterocycles. The van der Waals surface area contributed by atoms with Crippen molar-refractivity contribution in [2.24, 2.45) is 5.92 Å². The zero-order chi connectivity index (χ0) is 20.6. The monoisotopic (exact) mass is 396 g/mol. The third-order valence-electron chi connectivity index (χ3n) is 5.14. The highest BCUT2D eigenvalue weighted by atomic mass is 16.1. The van der Waals surface area contributed by atoms with Crippen LogP contribution in [0.1, 0.15) is 6.42 Å². The molecule has 1 atom stereocenters. The third-order valence-corrected chi connectivity index (χ3v) is 5.14. The van der Waals surface area contributed by atoms with Crippen molar-refractivity contribution in [2.75, 3.05) is 18.4 Å². The molecule has 30 heavy (non-hydrogen) atoms. The van der Waals surface area contributed by atoms with Crippen molar-refractivity contribution < 1.29 is 4.79 Å². The van der Waals surface area contributed by atoms with E-state index in [1.807, 2.05) is 60.9 Å². The maximum atomic E-state index is 12.1. The molecule has 0 radical (unpaired) electrons. The number of carbonyl (C=O) groups is 1. The smallest absolute Gasteiger partial charge is 0.228 e. The Kier molecular flexibility index (Phi) is 6.42. The zero-order valence-electron chi connectivity index (χ0n) is 16.7. The number of hydrogen-bond acceptors (Lipinski definition) is 4. The fraction of sp³-hybridized carbons (Fsp3) is 0.160. The summed E-state index contributed by atoms with van der Waals surface area (Å²) in [5, 5.41) is 8.30. The van der Waals surface area contributed by atoms with Gasteiger partial charge >= 0.3 is 0 Å². The van der Waals surface area contributed by atoms with Crippen molar-refractivity contribution in [2.45, 2.75) is 6.42 Å². The lowest BCUT2D eigenvalue weighted by molar-refractivity contribution is -0.119. The van der Waals surface area contributed by atoms with Crippen molar-refractivity contribution in [1.29, 1.82) is 0 Å². The number of benzene rings is 2. The Hall–Kier alpha value is -3.57. The Morgan fingerprint density at radius 2 is 1.70 bits per heavy atom. The summed E-state index contributed by atoms with van der Waals surface area (Å²) < 4.78 is 0. The molecule has 150 valence electrons. The Morgan fingerprint density at radius 3 is 2.47 bits per heavy atom. The van der Waals surface area contributed by atoms with Crippen molar-refractivity contribution in [3.8, 4) is 11.1 Å². The van der Waals surface area contributed by atoms with E-state index in [2.05, 4.69) is 38.8 Å². The van der Waals surface area contributed by atoms with Crippen LogP contribution in [0.4, 0.5) is 5.69 Å². The number of nitrogens with zero attached hydrogens (tertiary/aromatic N) is 2. The van der Waals surface area contributed by atoms with Gasteiger partial charge in [0.1, 0.15) is 0 Å². The zero-order valence-corrected chi connectivity index (χ0v) is 16.7. The van der Waals surface area contributed by atoms with Crippen molar-refractivity contribution in [3.63, 3.8) is 0 Å². The Balaban J connectivity index is 0.000000158. The number of pyridine rings is 2. The molecule has 3 heterocycles. The molecule has 4 aromatic rings. The number of rotatable bonds is 3. The van der Waals surface area contributed by atoms with Gasteiger partial charge in [-0.25, -0.2) is 0 Å². The van der Waals surface area contributed by atoms with E-state index in [4.69, 9.17) is 0 Å². The summed E-state index contributed by atoms with van der Waals surface area (Å²) >= 11 is 0.